The van der Waals surface area contributed by atoms with Gasteiger partial charge in [-0.05, 0) is 24.6 Å². The van der Waals surface area contributed by atoms with Crippen LogP contribution in [0.5, 0.6) is 0 Å². The number of aromatic nitrogens is 1. The Morgan fingerprint density at radius 2 is 2.26 bits per heavy atom. The molecule has 2 aromatic rings. The molecule has 6 heteroatoms. The Labute approximate surface area is 110 Å². The molecule has 0 spiro atoms. The van der Waals surface area contributed by atoms with Crippen molar-refractivity contribution in [3.05, 3.63) is 34.3 Å². The molecule has 6 nitrogen and oxygen atoms in total. The monoisotopic (exact) mass is 264 g/mol. The van der Waals surface area contributed by atoms with Crippen molar-refractivity contribution in [1.82, 2.24) is 9.88 Å². The van der Waals surface area contributed by atoms with Gasteiger partial charge in [-0.1, -0.05) is 0 Å². The second kappa shape index (κ2) is 5.71. The summed E-state index contributed by atoms with van der Waals surface area (Å²) in [6, 6.07) is 4.91. The zero-order chi connectivity index (χ0) is 13.8. The molecule has 102 valence electrons. The van der Waals surface area contributed by atoms with Crippen molar-refractivity contribution in [1.29, 1.82) is 0 Å². The fourth-order valence-electron chi connectivity index (χ4n) is 1.79. The molecule has 1 N–H and O–H groups in total. The Balaban J connectivity index is 2.14. The minimum atomic E-state index is -0.437. The van der Waals surface area contributed by atoms with Crippen molar-refractivity contribution in [3.8, 4) is 0 Å². The van der Waals surface area contributed by atoms with Crippen LogP contribution in [-0.4, -0.2) is 30.7 Å². The molecule has 0 bridgehead atoms. The molecule has 0 atom stereocenters. The Bertz CT molecular complexity index is 642. The van der Waals surface area contributed by atoms with E-state index in [9.17, 15) is 9.59 Å². The molecule has 0 aliphatic rings. The first-order valence-electron chi connectivity index (χ1n) is 6.00. The van der Waals surface area contributed by atoms with E-state index < -0.39 is 5.76 Å². The van der Waals surface area contributed by atoms with Crippen molar-refractivity contribution in [3.63, 3.8) is 0 Å². The number of ether oxygens (including phenoxy) is 1. The number of oxazole rings is 1. The number of carbonyl (C=O) groups is 1. The Morgan fingerprint density at radius 1 is 1.47 bits per heavy atom. The zero-order valence-corrected chi connectivity index (χ0v) is 10.9. The van der Waals surface area contributed by atoms with Gasteiger partial charge in [0.15, 0.2) is 5.58 Å². The highest BCUT2D eigenvalue weighted by Gasteiger charge is 2.10. The van der Waals surface area contributed by atoms with Crippen LogP contribution in [0.2, 0.25) is 0 Å². The summed E-state index contributed by atoms with van der Waals surface area (Å²) in [5, 5.41) is 2.79. The summed E-state index contributed by atoms with van der Waals surface area (Å²) in [5.74, 6) is -0.612. The number of fused-ring (bicyclic) bond motifs is 1. The summed E-state index contributed by atoms with van der Waals surface area (Å²) in [7, 11) is 3.23. The molecule has 1 heterocycles. The SMILES string of the molecule is COCCCNC(=O)c1ccc2oc(=O)n(C)c2c1. The average Bonchev–Trinajstić information content (AvgIpc) is 2.70. The zero-order valence-electron chi connectivity index (χ0n) is 10.9. The van der Waals surface area contributed by atoms with Crippen LogP contribution in [-0.2, 0) is 11.8 Å². The van der Waals surface area contributed by atoms with Crippen molar-refractivity contribution < 1.29 is 13.9 Å². The van der Waals surface area contributed by atoms with Gasteiger partial charge < -0.3 is 14.5 Å². The van der Waals surface area contributed by atoms with E-state index in [-0.39, 0.29) is 5.91 Å². The predicted molar refractivity (Wildman–Crippen MR) is 70.3 cm³/mol. The highest BCUT2D eigenvalue weighted by Crippen LogP contribution is 2.14. The van der Waals surface area contributed by atoms with E-state index in [1.807, 2.05) is 0 Å². The van der Waals surface area contributed by atoms with E-state index in [0.717, 1.165) is 6.42 Å². The topological polar surface area (TPSA) is 73.5 Å². The van der Waals surface area contributed by atoms with Crippen molar-refractivity contribution in [2.24, 2.45) is 7.05 Å². The average molecular weight is 264 g/mol. The van der Waals surface area contributed by atoms with E-state index in [2.05, 4.69) is 5.32 Å². The molecule has 0 aliphatic heterocycles. The molecule has 1 amide bonds. The first-order valence-corrected chi connectivity index (χ1v) is 6.00. The highest BCUT2D eigenvalue weighted by atomic mass is 16.5. The largest absolute Gasteiger partial charge is 0.419 e. The Hall–Kier alpha value is -2.08. The van der Waals surface area contributed by atoms with Gasteiger partial charge in [0.1, 0.15) is 0 Å². The number of methoxy groups -OCH3 is 1. The number of hydrogen-bond acceptors (Lipinski definition) is 4. The van der Waals surface area contributed by atoms with E-state index in [1.165, 1.54) is 4.57 Å². The van der Waals surface area contributed by atoms with Crippen LogP contribution >= 0.6 is 0 Å². The summed E-state index contributed by atoms with van der Waals surface area (Å²) in [5.41, 5.74) is 1.58. The van der Waals surface area contributed by atoms with Crippen LogP contribution in [0.25, 0.3) is 11.1 Å². The van der Waals surface area contributed by atoms with Crippen LogP contribution in [0.1, 0.15) is 16.8 Å². The minimum absolute atomic E-state index is 0.174. The highest BCUT2D eigenvalue weighted by molar-refractivity contribution is 5.97. The number of hydrogen-bond donors (Lipinski definition) is 1. The number of aryl methyl sites for hydroxylation is 1. The molecule has 0 saturated heterocycles. The van der Waals surface area contributed by atoms with E-state index in [4.69, 9.17) is 9.15 Å². The van der Waals surface area contributed by atoms with Crippen LogP contribution in [0.3, 0.4) is 0 Å². The molecule has 2 rings (SSSR count). The van der Waals surface area contributed by atoms with E-state index in [1.54, 1.807) is 32.4 Å². The minimum Gasteiger partial charge on any atom is -0.408 e. The van der Waals surface area contributed by atoms with Crippen molar-refractivity contribution >= 4 is 17.0 Å². The van der Waals surface area contributed by atoms with Gasteiger partial charge in [0.25, 0.3) is 5.91 Å². The Kier molecular flexibility index (Phi) is 4.01. The fourth-order valence-corrected chi connectivity index (χ4v) is 1.79. The van der Waals surface area contributed by atoms with Gasteiger partial charge in [-0.25, -0.2) is 4.79 Å². The molecule has 0 unspecified atom stereocenters. The summed E-state index contributed by atoms with van der Waals surface area (Å²) in [6.07, 6.45) is 0.759. The van der Waals surface area contributed by atoms with Crippen LogP contribution in [0, 0.1) is 0 Å². The smallest absolute Gasteiger partial charge is 0.408 e. The first-order chi connectivity index (χ1) is 9.13. The summed E-state index contributed by atoms with van der Waals surface area (Å²) in [4.78, 5) is 23.2. The quantitative estimate of drug-likeness (QED) is 0.814. The molecule has 1 aromatic carbocycles. The third-order valence-electron chi connectivity index (χ3n) is 2.86. The van der Waals surface area contributed by atoms with Crippen molar-refractivity contribution in [2.45, 2.75) is 6.42 Å². The van der Waals surface area contributed by atoms with Gasteiger partial charge in [-0.2, -0.15) is 0 Å². The number of nitrogens with one attached hydrogen (secondary N) is 1. The van der Waals surface area contributed by atoms with Crippen LogP contribution in [0.15, 0.2) is 27.4 Å². The van der Waals surface area contributed by atoms with E-state index in [0.29, 0.717) is 29.8 Å². The number of amides is 1. The summed E-state index contributed by atoms with van der Waals surface area (Å²) < 4.78 is 11.3. The van der Waals surface area contributed by atoms with Gasteiger partial charge in [0.05, 0.1) is 5.52 Å². The molecule has 19 heavy (non-hydrogen) atoms. The molecular weight excluding hydrogens is 248 g/mol. The lowest BCUT2D eigenvalue weighted by atomic mass is 10.2. The van der Waals surface area contributed by atoms with E-state index >= 15 is 0 Å². The predicted octanol–water partition coefficient (Wildman–Crippen LogP) is 0.898. The second-order valence-corrected chi connectivity index (χ2v) is 4.21. The number of carbonyl (C=O) groups excluding carboxylic acids is 1. The van der Waals surface area contributed by atoms with Crippen LogP contribution < -0.4 is 11.1 Å². The molecular formula is C13H16N2O4. The third-order valence-corrected chi connectivity index (χ3v) is 2.86. The lowest BCUT2D eigenvalue weighted by molar-refractivity contribution is 0.0948. The lowest BCUT2D eigenvalue weighted by Gasteiger charge is -2.04. The summed E-state index contributed by atoms with van der Waals surface area (Å²) in [6.45, 7) is 1.16. The van der Waals surface area contributed by atoms with Gasteiger partial charge in [0.2, 0.25) is 0 Å². The molecule has 0 radical (unpaired) electrons. The van der Waals surface area contributed by atoms with Gasteiger partial charge in [-0.3, -0.25) is 9.36 Å². The van der Waals surface area contributed by atoms with Crippen LogP contribution in [0.4, 0.5) is 0 Å². The maximum Gasteiger partial charge on any atom is 0.419 e. The number of nitrogens with zero attached hydrogens (tertiary/aromatic N) is 1. The van der Waals surface area contributed by atoms with Gasteiger partial charge >= 0.3 is 5.76 Å². The fraction of sp³-hybridized carbons (Fsp3) is 0.385. The maximum atomic E-state index is 11.9. The Morgan fingerprint density at radius 3 is 3.00 bits per heavy atom. The standard InChI is InChI=1S/C13H16N2O4/c1-15-10-8-9(4-5-11(10)19-13(15)17)12(16)14-6-3-7-18-2/h4-5,8H,3,6-7H2,1-2H3,(H,14,16). The molecule has 0 aliphatic carbocycles. The van der Waals surface area contributed by atoms with Gasteiger partial charge in [-0.15, -0.1) is 0 Å². The molecule has 0 saturated carbocycles. The molecule has 1 aromatic heterocycles. The first kappa shape index (κ1) is 13.4. The normalized spacial score (nSPS) is 10.8. The molecule has 0 fully saturated rings. The second-order valence-electron chi connectivity index (χ2n) is 4.21. The number of rotatable bonds is 5. The maximum absolute atomic E-state index is 11.9. The lowest BCUT2D eigenvalue weighted by Crippen LogP contribution is -2.25. The third kappa shape index (κ3) is 2.85. The van der Waals surface area contributed by atoms with Gasteiger partial charge in [0, 0.05) is 32.9 Å². The van der Waals surface area contributed by atoms with Crippen molar-refractivity contribution in [2.75, 3.05) is 20.3 Å². The summed E-state index contributed by atoms with van der Waals surface area (Å²) >= 11 is 0. The number of benzene rings is 1.